The summed E-state index contributed by atoms with van der Waals surface area (Å²) < 4.78 is 18.3. The van der Waals surface area contributed by atoms with E-state index >= 15 is 0 Å². The number of carbonyl (C=O) groups excluding carboxylic acids is 2. The molecule has 1 heterocycles. The lowest BCUT2D eigenvalue weighted by molar-refractivity contribution is -0.133. The molecule has 1 aromatic rings. The average molecular weight is 363 g/mol. The van der Waals surface area contributed by atoms with Crippen molar-refractivity contribution in [2.24, 2.45) is 0 Å². The summed E-state index contributed by atoms with van der Waals surface area (Å²) >= 11 is 0. The number of nitrogens with zero attached hydrogens (tertiary/aromatic N) is 2. The number of hydrogen-bond donors (Lipinski definition) is 1. The Morgan fingerprint density at radius 1 is 1.00 bits per heavy atom. The van der Waals surface area contributed by atoms with Crippen molar-refractivity contribution < 1.29 is 18.7 Å². The third kappa shape index (κ3) is 5.09. The van der Waals surface area contributed by atoms with E-state index in [4.69, 9.17) is 4.74 Å². The van der Waals surface area contributed by atoms with Crippen LogP contribution in [-0.2, 0) is 4.79 Å². The number of rotatable bonds is 4. The topological polar surface area (TPSA) is 61.9 Å². The lowest BCUT2D eigenvalue weighted by atomic mass is 10.2. The highest BCUT2D eigenvalue weighted by Gasteiger charge is 2.24. The minimum Gasteiger partial charge on any atom is -0.484 e. The quantitative estimate of drug-likeness (QED) is 0.894. The van der Waals surface area contributed by atoms with E-state index in [9.17, 15) is 14.0 Å². The van der Waals surface area contributed by atoms with Crippen LogP contribution >= 0.6 is 0 Å². The molecule has 26 heavy (non-hydrogen) atoms. The van der Waals surface area contributed by atoms with Crippen LogP contribution in [0, 0.1) is 5.82 Å². The van der Waals surface area contributed by atoms with Crippen LogP contribution in [0.15, 0.2) is 24.3 Å². The summed E-state index contributed by atoms with van der Waals surface area (Å²) in [6.45, 7) is 2.21. The van der Waals surface area contributed by atoms with E-state index in [-0.39, 0.29) is 24.4 Å². The molecule has 0 radical (unpaired) electrons. The van der Waals surface area contributed by atoms with E-state index in [2.05, 4.69) is 5.32 Å². The smallest absolute Gasteiger partial charge is 0.317 e. The second-order valence-electron chi connectivity index (χ2n) is 6.89. The minimum atomic E-state index is -0.341. The van der Waals surface area contributed by atoms with Gasteiger partial charge in [0.25, 0.3) is 5.91 Å². The van der Waals surface area contributed by atoms with Crippen molar-refractivity contribution in [2.75, 3.05) is 32.8 Å². The number of amides is 3. The zero-order valence-corrected chi connectivity index (χ0v) is 15.0. The molecule has 2 aliphatic rings. The zero-order valence-electron chi connectivity index (χ0n) is 15.0. The fourth-order valence-corrected chi connectivity index (χ4v) is 3.47. The fraction of sp³-hybridized carbons (Fsp3) is 0.579. The summed E-state index contributed by atoms with van der Waals surface area (Å²) in [5, 5.41) is 3.10. The van der Waals surface area contributed by atoms with Gasteiger partial charge in [0, 0.05) is 32.2 Å². The molecule has 6 nitrogen and oxygen atoms in total. The molecular formula is C19H26FN3O3. The van der Waals surface area contributed by atoms with Gasteiger partial charge in [0.15, 0.2) is 6.61 Å². The van der Waals surface area contributed by atoms with E-state index in [0.717, 1.165) is 19.3 Å². The number of benzene rings is 1. The van der Waals surface area contributed by atoms with Crippen LogP contribution in [0.4, 0.5) is 9.18 Å². The van der Waals surface area contributed by atoms with Crippen LogP contribution in [0.3, 0.4) is 0 Å². The van der Waals surface area contributed by atoms with Crippen molar-refractivity contribution in [3.8, 4) is 5.75 Å². The summed E-state index contributed by atoms with van der Waals surface area (Å²) in [6, 6.07) is 5.88. The molecule has 0 spiro atoms. The maximum Gasteiger partial charge on any atom is 0.317 e. The Kier molecular flexibility index (Phi) is 6.30. The van der Waals surface area contributed by atoms with Gasteiger partial charge in [0.2, 0.25) is 0 Å². The fourth-order valence-electron chi connectivity index (χ4n) is 3.47. The molecule has 2 fully saturated rings. The van der Waals surface area contributed by atoms with Crippen molar-refractivity contribution in [3.05, 3.63) is 30.1 Å². The van der Waals surface area contributed by atoms with Gasteiger partial charge in [-0.1, -0.05) is 12.8 Å². The largest absolute Gasteiger partial charge is 0.484 e. The maximum absolute atomic E-state index is 12.9. The Balaban J connectivity index is 1.44. The van der Waals surface area contributed by atoms with Crippen molar-refractivity contribution in [2.45, 2.75) is 38.1 Å². The predicted octanol–water partition coefficient (Wildman–Crippen LogP) is 2.39. The molecule has 3 rings (SSSR count). The maximum atomic E-state index is 12.9. The summed E-state index contributed by atoms with van der Waals surface area (Å²) in [5.74, 6) is 0.00619. The Bertz CT molecular complexity index is 617. The van der Waals surface area contributed by atoms with Gasteiger partial charge in [-0.2, -0.15) is 0 Å². The van der Waals surface area contributed by atoms with Gasteiger partial charge in [0.05, 0.1) is 0 Å². The third-order valence-corrected chi connectivity index (χ3v) is 4.99. The monoisotopic (exact) mass is 363 g/mol. The summed E-state index contributed by atoms with van der Waals surface area (Å²) in [7, 11) is 0. The molecule has 1 aliphatic carbocycles. The van der Waals surface area contributed by atoms with Gasteiger partial charge in [-0.05, 0) is 43.5 Å². The summed E-state index contributed by atoms with van der Waals surface area (Å²) in [4.78, 5) is 28.3. The normalized spacial score (nSPS) is 18.5. The van der Waals surface area contributed by atoms with E-state index in [1.54, 1.807) is 9.80 Å². The van der Waals surface area contributed by atoms with Crippen molar-refractivity contribution >= 4 is 11.9 Å². The molecule has 1 saturated carbocycles. The lowest BCUT2D eigenvalue weighted by Gasteiger charge is -2.24. The number of urea groups is 1. The van der Waals surface area contributed by atoms with Gasteiger partial charge in [-0.15, -0.1) is 0 Å². The molecule has 1 saturated heterocycles. The van der Waals surface area contributed by atoms with Crippen LogP contribution in [0.2, 0.25) is 0 Å². The second kappa shape index (κ2) is 8.87. The van der Waals surface area contributed by atoms with E-state index in [0.29, 0.717) is 38.0 Å². The molecular weight excluding hydrogens is 337 g/mol. The number of hydrogen-bond acceptors (Lipinski definition) is 3. The SMILES string of the molecule is O=C(COc1ccc(F)cc1)N1CCCN(C(=O)NC2CCCC2)CC1. The van der Waals surface area contributed by atoms with E-state index in [1.165, 1.54) is 37.1 Å². The lowest BCUT2D eigenvalue weighted by Crippen LogP contribution is -2.46. The Labute approximate surface area is 153 Å². The van der Waals surface area contributed by atoms with Crippen molar-refractivity contribution in [1.82, 2.24) is 15.1 Å². The van der Waals surface area contributed by atoms with Crippen LogP contribution < -0.4 is 10.1 Å². The molecule has 142 valence electrons. The molecule has 0 unspecified atom stereocenters. The predicted molar refractivity (Wildman–Crippen MR) is 95.5 cm³/mol. The first kappa shape index (κ1) is 18.5. The van der Waals surface area contributed by atoms with Crippen LogP contribution in [-0.4, -0.2) is 60.6 Å². The van der Waals surface area contributed by atoms with Gasteiger partial charge in [-0.25, -0.2) is 9.18 Å². The van der Waals surface area contributed by atoms with Gasteiger partial charge >= 0.3 is 6.03 Å². The van der Waals surface area contributed by atoms with Gasteiger partial charge < -0.3 is 19.9 Å². The molecule has 1 aliphatic heterocycles. The minimum absolute atomic E-state index is 0.0197. The molecule has 1 aromatic carbocycles. The highest BCUT2D eigenvalue weighted by molar-refractivity contribution is 5.78. The van der Waals surface area contributed by atoms with E-state index in [1.807, 2.05) is 0 Å². The number of ether oxygens (including phenoxy) is 1. The van der Waals surface area contributed by atoms with Gasteiger partial charge in [-0.3, -0.25) is 4.79 Å². The van der Waals surface area contributed by atoms with Crippen LogP contribution in [0.5, 0.6) is 5.75 Å². The Morgan fingerprint density at radius 2 is 1.65 bits per heavy atom. The summed E-state index contributed by atoms with van der Waals surface area (Å²) in [5.41, 5.74) is 0. The standard InChI is InChI=1S/C19H26FN3O3/c20-15-6-8-17(9-7-15)26-14-18(24)22-10-3-11-23(13-12-22)19(25)21-16-4-1-2-5-16/h6-9,16H,1-5,10-14H2,(H,21,25). The first-order valence-corrected chi connectivity index (χ1v) is 9.33. The Morgan fingerprint density at radius 3 is 2.38 bits per heavy atom. The van der Waals surface area contributed by atoms with Gasteiger partial charge in [0.1, 0.15) is 11.6 Å². The summed E-state index contributed by atoms with van der Waals surface area (Å²) in [6.07, 6.45) is 5.23. The molecule has 3 amide bonds. The second-order valence-corrected chi connectivity index (χ2v) is 6.89. The molecule has 1 N–H and O–H groups in total. The van der Waals surface area contributed by atoms with Crippen molar-refractivity contribution in [1.29, 1.82) is 0 Å². The molecule has 0 bridgehead atoms. The molecule has 0 atom stereocenters. The number of carbonyl (C=O) groups is 2. The highest BCUT2D eigenvalue weighted by Crippen LogP contribution is 2.18. The van der Waals surface area contributed by atoms with Crippen LogP contribution in [0.25, 0.3) is 0 Å². The first-order valence-electron chi connectivity index (χ1n) is 9.33. The van der Waals surface area contributed by atoms with Crippen LogP contribution in [0.1, 0.15) is 32.1 Å². The average Bonchev–Trinajstić information content (AvgIpc) is 3.02. The Hall–Kier alpha value is -2.31. The third-order valence-electron chi connectivity index (χ3n) is 4.99. The first-order chi connectivity index (χ1) is 12.6. The number of nitrogens with one attached hydrogen (secondary N) is 1. The highest BCUT2D eigenvalue weighted by atomic mass is 19.1. The molecule has 7 heteroatoms. The molecule has 0 aromatic heterocycles. The number of halogens is 1. The van der Waals surface area contributed by atoms with Crippen molar-refractivity contribution in [3.63, 3.8) is 0 Å². The zero-order chi connectivity index (χ0) is 18.4. The van der Waals surface area contributed by atoms with E-state index < -0.39 is 0 Å².